The van der Waals surface area contributed by atoms with Gasteiger partial charge in [0.15, 0.2) is 0 Å². The predicted molar refractivity (Wildman–Crippen MR) is 156 cm³/mol. The van der Waals surface area contributed by atoms with E-state index in [2.05, 4.69) is 21.7 Å². The van der Waals surface area contributed by atoms with Crippen LogP contribution in [0.4, 0.5) is 16.5 Å². The number of nitriles is 1. The number of aromatic nitrogens is 1. The molecule has 4 N–H and O–H groups in total. The smallest absolute Gasteiger partial charge is 0.256 e. The number of nitrogens with zero attached hydrogens (tertiary/aromatic N) is 2. The molecule has 3 aromatic carbocycles. The molecule has 0 fully saturated rings. The lowest BCUT2D eigenvalue weighted by Gasteiger charge is -2.10. The quantitative estimate of drug-likeness (QED) is 0.222. The minimum Gasteiger partial charge on any atom is -0.383 e. The number of fused-ring (bicyclic) bond motifs is 1. The van der Waals surface area contributed by atoms with Gasteiger partial charge in [0.2, 0.25) is 0 Å². The highest BCUT2D eigenvalue weighted by molar-refractivity contribution is 7.24. The molecular weight excluding hydrogens is 490 g/mol. The second kappa shape index (κ2) is 10.8. The summed E-state index contributed by atoms with van der Waals surface area (Å²) in [5.41, 5.74) is 13.3. The molecule has 5 rings (SSSR count). The molecule has 1 amide bonds. The van der Waals surface area contributed by atoms with Gasteiger partial charge >= 0.3 is 0 Å². The first-order valence-electron chi connectivity index (χ1n) is 12.3. The van der Waals surface area contributed by atoms with E-state index >= 15 is 0 Å². The zero-order valence-corrected chi connectivity index (χ0v) is 22.0. The normalized spacial score (nSPS) is 10.8. The van der Waals surface area contributed by atoms with Crippen molar-refractivity contribution in [1.29, 1.82) is 5.26 Å². The number of hydrogen-bond acceptors (Lipinski definition) is 6. The molecule has 7 heteroatoms. The molecule has 2 heterocycles. The first-order valence-corrected chi connectivity index (χ1v) is 13.1. The van der Waals surface area contributed by atoms with Crippen molar-refractivity contribution in [2.45, 2.75) is 20.3 Å². The van der Waals surface area contributed by atoms with Gasteiger partial charge in [-0.1, -0.05) is 77.9 Å². The number of pyridine rings is 1. The maximum absolute atomic E-state index is 13.6. The lowest BCUT2D eigenvalue weighted by atomic mass is 9.99. The van der Waals surface area contributed by atoms with Gasteiger partial charge < -0.3 is 16.4 Å². The van der Waals surface area contributed by atoms with Crippen LogP contribution in [0.5, 0.6) is 0 Å². The number of thiophene rings is 1. The number of anilines is 3. The Morgan fingerprint density at radius 2 is 1.63 bits per heavy atom. The summed E-state index contributed by atoms with van der Waals surface area (Å²) in [4.78, 5) is 18.2. The number of rotatable bonds is 7. The van der Waals surface area contributed by atoms with Crippen molar-refractivity contribution in [2.24, 2.45) is 0 Å². The highest BCUT2D eigenvalue weighted by Crippen LogP contribution is 2.44. The number of nitrogens with two attached hydrogens (primary N) is 1. The van der Waals surface area contributed by atoms with Crippen LogP contribution in [0, 0.1) is 25.2 Å². The zero-order chi connectivity index (χ0) is 26.6. The number of hydrogen-bond donors (Lipinski definition) is 3. The Hall–Kier alpha value is -4.67. The molecule has 0 saturated heterocycles. The third-order valence-corrected chi connectivity index (χ3v) is 7.49. The Morgan fingerprint density at radius 3 is 2.29 bits per heavy atom. The molecule has 188 valence electrons. The summed E-state index contributed by atoms with van der Waals surface area (Å²) in [5.74, 6) is -0.137. The second-order valence-corrected chi connectivity index (χ2v) is 10.2. The first kappa shape index (κ1) is 25.0. The van der Waals surface area contributed by atoms with Crippen LogP contribution >= 0.6 is 11.3 Å². The van der Waals surface area contributed by atoms with Crippen LogP contribution in [0.1, 0.15) is 32.6 Å². The van der Waals surface area contributed by atoms with Crippen molar-refractivity contribution >= 4 is 44.0 Å². The molecule has 38 heavy (non-hydrogen) atoms. The number of nitrogen functional groups attached to an aromatic ring is 1. The Labute approximate surface area is 225 Å². The molecule has 6 nitrogen and oxygen atoms in total. The van der Waals surface area contributed by atoms with Crippen molar-refractivity contribution in [3.05, 3.63) is 107 Å². The van der Waals surface area contributed by atoms with Gasteiger partial charge in [0, 0.05) is 17.8 Å². The fraction of sp³-hybridized carbons (Fsp3) is 0.129. The van der Waals surface area contributed by atoms with Gasteiger partial charge in [0.25, 0.3) is 5.91 Å². The second-order valence-electron chi connectivity index (χ2n) is 9.19. The van der Waals surface area contributed by atoms with Gasteiger partial charge in [-0.2, -0.15) is 5.26 Å². The fourth-order valence-electron chi connectivity index (χ4n) is 4.35. The summed E-state index contributed by atoms with van der Waals surface area (Å²) in [6.45, 7) is 4.51. The summed E-state index contributed by atoms with van der Waals surface area (Å²) in [5, 5.41) is 17.1. The van der Waals surface area contributed by atoms with E-state index in [0.29, 0.717) is 40.2 Å². The predicted octanol–water partition coefficient (Wildman–Crippen LogP) is 6.75. The Bertz CT molecular complexity index is 1650. The molecule has 0 saturated carbocycles. The van der Waals surface area contributed by atoms with Crippen LogP contribution in [0.3, 0.4) is 0 Å². The van der Waals surface area contributed by atoms with Crippen molar-refractivity contribution in [1.82, 2.24) is 10.3 Å². The lowest BCUT2D eigenvalue weighted by molar-refractivity contribution is 0.0957. The van der Waals surface area contributed by atoms with Crippen molar-refractivity contribution in [3.63, 3.8) is 0 Å². The number of carbonyl (C=O) groups is 1. The van der Waals surface area contributed by atoms with Crippen molar-refractivity contribution < 1.29 is 4.79 Å². The Morgan fingerprint density at radius 1 is 0.974 bits per heavy atom. The molecule has 0 aliphatic rings. The minimum atomic E-state index is -0.242. The van der Waals surface area contributed by atoms with E-state index in [0.717, 1.165) is 32.6 Å². The third kappa shape index (κ3) is 5.08. The SMILES string of the molecule is Cc1ccc(Nc2sc3c(-c4ccc(C)cc4)c(C#N)c(N)nc3c2C(=O)NCCc2ccccc2)cc1. The molecule has 0 aliphatic heterocycles. The standard InChI is InChI=1S/C31H27N5OS/c1-19-8-12-22(13-9-19)25-24(18-32)29(33)36-27-26(30(37)34-17-16-21-6-4-3-5-7-21)31(38-28(25)27)35-23-14-10-20(2)11-15-23/h3-15,35H,16-17H2,1-2H3,(H2,33,36)(H,34,37). The van der Waals surface area contributed by atoms with E-state index in [1.54, 1.807) is 0 Å². The summed E-state index contributed by atoms with van der Waals surface area (Å²) in [6.07, 6.45) is 0.706. The van der Waals surface area contributed by atoms with Crippen molar-refractivity contribution in [3.8, 4) is 17.2 Å². The van der Waals surface area contributed by atoms with Crippen LogP contribution in [0.2, 0.25) is 0 Å². The monoisotopic (exact) mass is 517 g/mol. The molecule has 0 bridgehead atoms. The van der Waals surface area contributed by atoms with E-state index in [9.17, 15) is 10.1 Å². The third-order valence-electron chi connectivity index (χ3n) is 6.38. The average molecular weight is 518 g/mol. The molecule has 0 unspecified atom stereocenters. The van der Waals surface area contributed by atoms with Gasteiger partial charge in [-0.15, -0.1) is 11.3 Å². The average Bonchev–Trinajstić information content (AvgIpc) is 3.27. The van der Waals surface area contributed by atoms with Crippen LogP contribution in [-0.4, -0.2) is 17.4 Å². The topological polar surface area (TPSA) is 104 Å². The van der Waals surface area contributed by atoms with E-state index in [1.807, 2.05) is 92.7 Å². The van der Waals surface area contributed by atoms with E-state index in [-0.39, 0.29) is 11.7 Å². The number of benzene rings is 3. The van der Waals surface area contributed by atoms with Gasteiger partial charge in [-0.3, -0.25) is 4.79 Å². The lowest BCUT2D eigenvalue weighted by Crippen LogP contribution is -2.26. The number of aryl methyl sites for hydroxylation is 2. The molecule has 2 aromatic heterocycles. The molecule has 0 atom stereocenters. The van der Waals surface area contributed by atoms with Gasteiger partial charge in [0.1, 0.15) is 28.0 Å². The highest BCUT2D eigenvalue weighted by Gasteiger charge is 2.26. The highest BCUT2D eigenvalue weighted by atomic mass is 32.1. The Kier molecular flexibility index (Phi) is 7.07. The largest absolute Gasteiger partial charge is 0.383 e. The molecule has 0 radical (unpaired) electrons. The maximum Gasteiger partial charge on any atom is 0.256 e. The molecule has 0 spiro atoms. The number of amides is 1. The number of nitrogens with one attached hydrogen (secondary N) is 2. The van der Waals surface area contributed by atoms with E-state index < -0.39 is 0 Å². The first-order chi connectivity index (χ1) is 18.4. The summed E-state index contributed by atoms with van der Waals surface area (Å²) in [6, 6.07) is 28.1. The summed E-state index contributed by atoms with van der Waals surface area (Å²) in [7, 11) is 0. The van der Waals surface area contributed by atoms with Crippen LogP contribution in [0.15, 0.2) is 78.9 Å². The molecule has 5 aromatic rings. The van der Waals surface area contributed by atoms with Crippen LogP contribution < -0.4 is 16.4 Å². The van der Waals surface area contributed by atoms with Gasteiger partial charge in [-0.05, 0) is 43.5 Å². The van der Waals surface area contributed by atoms with E-state index in [4.69, 9.17) is 5.73 Å². The van der Waals surface area contributed by atoms with Gasteiger partial charge in [0.05, 0.1) is 10.2 Å². The summed E-state index contributed by atoms with van der Waals surface area (Å²) >= 11 is 1.40. The zero-order valence-electron chi connectivity index (χ0n) is 21.2. The summed E-state index contributed by atoms with van der Waals surface area (Å²) < 4.78 is 0.738. The van der Waals surface area contributed by atoms with Crippen molar-refractivity contribution in [2.75, 3.05) is 17.6 Å². The Balaban J connectivity index is 1.62. The molecule has 0 aliphatic carbocycles. The number of carbonyl (C=O) groups excluding carboxylic acids is 1. The fourth-order valence-corrected chi connectivity index (χ4v) is 5.58. The van der Waals surface area contributed by atoms with Crippen LogP contribution in [0.25, 0.3) is 21.3 Å². The van der Waals surface area contributed by atoms with Gasteiger partial charge in [-0.25, -0.2) is 4.98 Å². The van der Waals surface area contributed by atoms with Crippen LogP contribution in [-0.2, 0) is 6.42 Å². The molecular formula is C31H27N5OS. The van der Waals surface area contributed by atoms with E-state index in [1.165, 1.54) is 11.3 Å². The minimum absolute atomic E-state index is 0.105. The maximum atomic E-state index is 13.6.